The molecule has 3 N–H and O–H groups in total. The zero-order valence-electron chi connectivity index (χ0n) is 11.6. The van der Waals surface area contributed by atoms with E-state index < -0.39 is 0 Å². The number of hydrogen-bond donors (Lipinski definition) is 2. The highest BCUT2D eigenvalue weighted by Gasteiger charge is 2.07. The molecule has 1 aromatic heterocycles. The van der Waals surface area contributed by atoms with Crippen molar-refractivity contribution < 1.29 is 4.79 Å². The molecule has 5 heteroatoms. The Balaban J connectivity index is 2.05. The summed E-state index contributed by atoms with van der Waals surface area (Å²) in [4.78, 5) is 11.9. The maximum Gasteiger partial charge on any atom is 0.248 e. The first-order valence-corrected chi connectivity index (χ1v) is 6.45. The van der Waals surface area contributed by atoms with Crippen LogP contribution in [-0.4, -0.2) is 15.7 Å². The van der Waals surface area contributed by atoms with E-state index in [0.29, 0.717) is 5.69 Å². The van der Waals surface area contributed by atoms with Gasteiger partial charge in [-0.15, -0.1) is 0 Å². The average Bonchev–Trinajstić information content (AvgIpc) is 2.76. The molecule has 0 atom stereocenters. The van der Waals surface area contributed by atoms with E-state index in [9.17, 15) is 4.79 Å². The fourth-order valence-corrected chi connectivity index (χ4v) is 1.91. The van der Waals surface area contributed by atoms with Gasteiger partial charge in [0.05, 0.1) is 11.4 Å². The molecule has 20 heavy (non-hydrogen) atoms. The number of nitrogens with zero attached hydrogens (tertiary/aromatic N) is 2. The number of nitrogens with two attached hydrogens (primary N) is 1. The van der Waals surface area contributed by atoms with Crippen molar-refractivity contribution in [2.45, 2.75) is 13.3 Å². The Morgan fingerprint density at radius 3 is 3.00 bits per heavy atom. The van der Waals surface area contributed by atoms with Crippen LogP contribution in [0.5, 0.6) is 0 Å². The number of amides is 1. The zero-order valence-corrected chi connectivity index (χ0v) is 11.6. The van der Waals surface area contributed by atoms with Crippen molar-refractivity contribution in [3.8, 4) is 0 Å². The molecule has 0 aliphatic heterocycles. The highest BCUT2D eigenvalue weighted by atomic mass is 16.1. The van der Waals surface area contributed by atoms with Gasteiger partial charge in [0, 0.05) is 25.0 Å². The molecule has 0 radical (unpaired) electrons. The number of nitrogen functional groups attached to an aromatic ring is 1. The second kappa shape index (κ2) is 6.06. The minimum Gasteiger partial charge on any atom is -0.399 e. The Hall–Kier alpha value is -2.56. The van der Waals surface area contributed by atoms with Crippen molar-refractivity contribution in [1.82, 2.24) is 9.78 Å². The van der Waals surface area contributed by atoms with Crippen LogP contribution in [-0.2, 0) is 18.3 Å². The largest absolute Gasteiger partial charge is 0.399 e. The summed E-state index contributed by atoms with van der Waals surface area (Å²) in [5, 5.41) is 7.10. The standard InChI is InChI=1S/C15H18N4O/c1-3-13-14(10-19(2)18-13)17-15(20)8-7-11-5-4-6-12(16)9-11/h4-10H,3,16H2,1-2H3,(H,17,20)/b8-7+. The molecule has 1 aromatic carbocycles. The average molecular weight is 270 g/mol. The van der Waals surface area contributed by atoms with Crippen molar-refractivity contribution in [3.05, 3.63) is 47.8 Å². The molecule has 0 aliphatic rings. The molecule has 0 aliphatic carbocycles. The molecule has 0 bridgehead atoms. The van der Waals surface area contributed by atoms with Crippen molar-refractivity contribution in [3.63, 3.8) is 0 Å². The topological polar surface area (TPSA) is 72.9 Å². The van der Waals surface area contributed by atoms with Gasteiger partial charge in [0.25, 0.3) is 0 Å². The highest BCUT2D eigenvalue weighted by Crippen LogP contribution is 2.14. The number of aryl methyl sites for hydroxylation is 2. The van der Waals surface area contributed by atoms with Crippen molar-refractivity contribution in [2.24, 2.45) is 7.05 Å². The van der Waals surface area contributed by atoms with Crippen molar-refractivity contribution in [2.75, 3.05) is 11.1 Å². The van der Waals surface area contributed by atoms with Crippen LogP contribution in [0, 0.1) is 0 Å². The molecule has 0 fully saturated rings. The number of carbonyl (C=O) groups excluding carboxylic acids is 1. The lowest BCUT2D eigenvalue weighted by molar-refractivity contribution is -0.111. The first-order chi connectivity index (χ1) is 9.58. The minimum atomic E-state index is -0.185. The van der Waals surface area contributed by atoms with E-state index >= 15 is 0 Å². The number of hydrogen-bond acceptors (Lipinski definition) is 3. The Morgan fingerprint density at radius 1 is 1.50 bits per heavy atom. The van der Waals surface area contributed by atoms with Gasteiger partial charge in [-0.1, -0.05) is 19.1 Å². The summed E-state index contributed by atoms with van der Waals surface area (Å²) in [5.74, 6) is -0.185. The summed E-state index contributed by atoms with van der Waals surface area (Å²) in [7, 11) is 1.83. The van der Waals surface area contributed by atoms with Crippen LogP contribution in [0.25, 0.3) is 6.08 Å². The fraction of sp³-hybridized carbons (Fsp3) is 0.200. The van der Waals surface area contributed by atoms with E-state index in [0.717, 1.165) is 23.4 Å². The summed E-state index contributed by atoms with van der Waals surface area (Å²) in [6.07, 6.45) is 5.79. The summed E-state index contributed by atoms with van der Waals surface area (Å²) in [6.45, 7) is 2.00. The number of benzene rings is 1. The van der Waals surface area contributed by atoms with E-state index in [2.05, 4.69) is 10.4 Å². The van der Waals surface area contributed by atoms with E-state index in [-0.39, 0.29) is 5.91 Å². The van der Waals surface area contributed by atoms with Crippen LogP contribution < -0.4 is 11.1 Å². The Labute approximate surface area is 118 Å². The molecule has 0 saturated carbocycles. The molecule has 1 heterocycles. The first-order valence-electron chi connectivity index (χ1n) is 6.45. The SMILES string of the molecule is CCc1nn(C)cc1NC(=O)/C=C/c1cccc(N)c1. The molecule has 0 unspecified atom stereocenters. The van der Waals surface area contributed by atoms with Gasteiger partial charge in [0.1, 0.15) is 0 Å². The number of rotatable bonds is 4. The van der Waals surface area contributed by atoms with Gasteiger partial charge in [-0.3, -0.25) is 9.48 Å². The second-order valence-electron chi connectivity index (χ2n) is 4.51. The van der Waals surface area contributed by atoms with Crippen LogP contribution in [0.1, 0.15) is 18.2 Å². The third-order valence-electron chi connectivity index (χ3n) is 2.84. The first kappa shape index (κ1) is 13.9. The van der Waals surface area contributed by atoms with Gasteiger partial charge in [-0.25, -0.2) is 0 Å². The summed E-state index contributed by atoms with van der Waals surface area (Å²) in [5.41, 5.74) is 8.87. The molecular weight excluding hydrogens is 252 g/mol. The van der Waals surface area contributed by atoms with Gasteiger partial charge in [-0.2, -0.15) is 5.10 Å². The minimum absolute atomic E-state index is 0.185. The van der Waals surface area contributed by atoms with Crippen molar-refractivity contribution in [1.29, 1.82) is 0 Å². The van der Waals surface area contributed by atoms with E-state index in [1.165, 1.54) is 6.08 Å². The molecule has 2 rings (SSSR count). The zero-order chi connectivity index (χ0) is 14.5. The van der Waals surface area contributed by atoms with Gasteiger partial charge in [0.15, 0.2) is 0 Å². The third kappa shape index (κ3) is 3.47. The van der Waals surface area contributed by atoms with Gasteiger partial charge < -0.3 is 11.1 Å². The number of nitrogens with one attached hydrogen (secondary N) is 1. The van der Waals surface area contributed by atoms with Gasteiger partial charge in [-0.05, 0) is 30.2 Å². The van der Waals surface area contributed by atoms with Crippen LogP contribution in [0.4, 0.5) is 11.4 Å². The maximum atomic E-state index is 11.9. The van der Waals surface area contributed by atoms with Crippen LogP contribution in [0.3, 0.4) is 0 Å². The molecule has 0 saturated heterocycles. The monoisotopic (exact) mass is 270 g/mol. The summed E-state index contributed by atoms with van der Waals surface area (Å²) >= 11 is 0. The van der Waals surface area contributed by atoms with E-state index in [1.54, 1.807) is 23.0 Å². The normalized spacial score (nSPS) is 10.9. The van der Waals surface area contributed by atoms with E-state index in [4.69, 9.17) is 5.73 Å². The number of aromatic nitrogens is 2. The lowest BCUT2D eigenvalue weighted by Gasteiger charge is -2.00. The van der Waals surface area contributed by atoms with Crippen LogP contribution in [0.15, 0.2) is 36.5 Å². The van der Waals surface area contributed by atoms with Crippen molar-refractivity contribution >= 4 is 23.4 Å². The molecule has 5 nitrogen and oxygen atoms in total. The summed E-state index contributed by atoms with van der Waals surface area (Å²) in [6, 6.07) is 7.36. The van der Waals surface area contributed by atoms with E-state index in [1.807, 2.05) is 32.2 Å². The third-order valence-corrected chi connectivity index (χ3v) is 2.84. The Bertz CT molecular complexity index is 643. The predicted molar refractivity (Wildman–Crippen MR) is 81.1 cm³/mol. The lowest BCUT2D eigenvalue weighted by atomic mass is 10.2. The molecule has 104 valence electrons. The smallest absolute Gasteiger partial charge is 0.248 e. The second-order valence-corrected chi connectivity index (χ2v) is 4.51. The predicted octanol–water partition coefficient (Wildman–Crippen LogP) is 2.22. The number of anilines is 2. The maximum absolute atomic E-state index is 11.9. The Kier molecular flexibility index (Phi) is 4.20. The molecule has 2 aromatic rings. The Morgan fingerprint density at radius 2 is 2.30 bits per heavy atom. The lowest BCUT2D eigenvalue weighted by Crippen LogP contribution is -2.08. The molecular formula is C15H18N4O. The molecule has 0 spiro atoms. The van der Waals surface area contributed by atoms with Crippen LogP contribution >= 0.6 is 0 Å². The fourth-order valence-electron chi connectivity index (χ4n) is 1.91. The molecule has 1 amide bonds. The van der Waals surface area contributed by atoms with Crippen LogP contribution in [0.2, 0.25) is 0 Å². The quantitative estimate of drug-likeness (QED) is 0.661. The van der Waals surface area contributed by atoms with Gasteiger partial charge in [0.2, 0.25) is 5.91 Å². The summed E-state index contributed by atoms with van der Waals surface area (Å²) < 4.78 is 1.69. The van der Waals surface area contributed by atoms with Gasteiger partial charge >= 0.3 is 0 Å². The highest BCUT2D eigenvalue weighted by molar-refractivity contribution is 6.02. The number of carbonyl (C=O) groups is 1.